The van der Waals surface area contributed by atoms with Gasteiger partial charge in [0, 0.05) is 63.1 Å². The van der Waals surface area contributed by atoms with Crippen molar-refractivity contribution < 1.29 is 8.42 Å². The zero-order valence-electron chi connectivity index (χ0n) is 18.4. The monoisotopic (exact) mass is 443 g/mol. The fourth-order valence-corrected chi connectivity index (χ4v) is 5.77. The first-order valence-corrected chi connectivity index (χ1v) is 12.6. The van der Waals surface area contributed by atoms with Crippen LogP contribution in [0.25, 0.3) is 11.1 Å². The summed E-state index contributed by atoms with van der Waals surface area (Å²) in [6.07, 6.45) is 3.30. The number of piperazine rings is 1. The maximum absolute atomic E-state index is 12.9. The lowest BCUT2D eigenvalue weighted by Gasteiger charge is -2.37. The second kappa shape index (κ2) is 9.24. The van der Waals surface area contributed by atoms with Crippen molar-refractivity contribution in [2.45, 2.75) is 43.7 Å². The summed E-state index contributed by atoms with van der Waals surface area (Å²) in [5.41, 5.74) is 7.85. The molecule has 168 valence electrons. The maximum Gasteiger partial charge on any atom is 0.243 e. The van der Waals surface area contributed by atoms with Crippen LogP contribution in [-0.4, -0.2) is 74.0 Å². The lowest BCUT2D eigenvalue weighted by Crippen LogP contribution is -2.49. The zero-order valence-corrected chi connectivity index (χ0v) is 19.3. The Morgan fingerprint density at radius 2 is 1.52 bits per heavy atom. The Labute approximate surface area is 185 Å². The van der Waals surface area contributed by atoms with Crippen molar-refractivity contribution in [3.8, 4) is 11.1 Å². The smallest absolute Gasteiger partial charge is 0.243 e. The first-order chi connectivity index (χ1) is 14.8. The number of piperidine rings is 1. The van der Waals surface area contributed by atoms with Gasteiger partial charge in [-0.15, -0.1) is 0 Å². The number of sulfonamides is 1. The van der Waals surface area contributed by atoms with Gasteiger partial charge in [-0.1, -0.05) is 12.1 Å². The van der Waals surface area contributed by atoms with E-state index in [1.807, 2.05) is 18.3 Å². The van der Waals surface area contributed by atoms with Crippen molar-refractivity contribution in [2.24, 2.45) is 5.73 Å². The molecule has 2 N–H and O–H groups in total. The molecule has 2 fully saturated rings. The van der Waals surface area contributed by atoms with Gasteiger partial charge in [0.1, 0.15) is 5.82 Å². The number of nitrogens with two attached hydrogens (primary N) is 1. The topological polar surface area (TPSA) is 82.8 Å². The summed E-state index contributed by atoms with van der Waals surface area (Å²) in [6.45, 7) is 9.53. The van der Waals surface area contributed by atoms with Crippen molar-refractivity contribution in [1.29, 1.82) is 0 Å². The van der Waals surface area contributed by atoms with Crippen LogP contribution in [0.1, 0.15) is 26.7 Å². The van der Waals surface area contributed by atoms with Crippen molar-refractivity contribution in [3.63, 3.8) is 0 Å². The molecular formula is C23H33N5O2S. The molecule has 2 saturated heterocycles. The Kier molecular flexibility index (Phi) is 6.62. The Bertz CT molecular complexity index is 960. The zero-order chi connectivity index (χ0) is 22.0. The molecular weight excluding hydrogens is 410 g/mol. The number of hydrogen-bond donors (Lipinski definition) is 1. The quantitative estimate of drug-likeness (QED) is 0.764. The molecule has 2 aliphatic rings. The molecule has 1 aromatic carbocycles. The van der Waals surface area contributed by atoms with Gasteiger partial charge in [-0.2, -0.15) is 4.31 Å². The van der Waals surface area contributed by atoms with E-state index in [4.69, 9.17) is 5.73 Å². The summed E-state index contributed by atoms with van der Waals surface area (Å²) in [4.78, 5) is 9.81. The molecule has 0 spiro atoms. The van der Waals surface area contributed by atoms with E-state index in [0.29, 0.717) is 36.9 Å². The standard InChI is InChI=1S/C23H33N5O2S/c1-18(2)26-13-15-27(16-14-26)23-8-5-20(17-25-23)19-3-6-22(7-4-19)31(29,30)28-11-9-21(24)10-12-28/h3-8,17-18,21H,9-16,24H2,1-2H3. The van der Waals surface area contributed by atoms with E-state index in [9.17, 15) is 8.42 Å². The predicted octanol–water partition coefficient (Wildman–Crippen LogP) is 2.39. The molecule has 8 heteroatoms. The van der Waals surface area contributed by atoms with Gasteiger partial charge in [0.05, 0.1) is 4.90 Å². The van der Waals surface area contributed by atoms with Gasteiger partial charge in [0.15, 0.2) is 0 Å². The summed E-state index contributed by atoms with van der Waals surface area (Å²) in [7, 11) is -3.46. The van der Waals surface area contributed by atoms with Crippen LogP contribution in [0.15, 0.2) is 47.5 Å². The minimum Gasteiger partial charge on any atom is -0.354 e. The van der Waals surface area contributed by atoms with Crippen molar-refractivity contribution in [1.82, 2.24) is 14.2 Å². The highest BCUT2D eigenvalue weighted by atomic mass is 32.2. The molecule has 0 aliphatic carbocycles. The molecule has 0 atom stereocenters. The van der Waals surface area contributed by atoms with Crippen LogP contribution < -0.4 is 10.6 Å². The van der Waals surface area contributed by atoms with Gasteiger partial charge in [0.2, 0.25) is 10.0 Å². The van der Waals surface area contributed by atoms with E-state index in [2.05, 4.69) is 40.8 Å². The molecule has 0 unspecified atom stereocenters. The van der Waals surface area contributed by atoms with E-state index in [1.165, 1.54) is 0 Å². The normalized spacial score (nSPS) is 19.8. The molecule has 1 aromatic heterocycles. The van der Waals surface area contributed by atoms with Crippen molar-refractivity contribution >= 4 is 15.8 Å². The summed E-state index contributed by atoms with van der Waals surface area (Å²) in [5, 5.41) is 0. The maximum atomic E-state index is 12.9. The minimum atomic E-state index is -3.46. The van der Waals surface area contributed by atoms with Crippen LogP contribution >= 0.6 is 0 Å². The third kappa shape index (κ3) is 4.92. The van der Waals surface area contributed by atoms with E-state index in [0.717, 1.165) is 43.1 Å². The van der Waals surface area contributed by atoms with Crippen molar-refractivity contribution in [3.05, 3.63) is 42.6 Å². The Balaban J connectivity index is 1.42. The summed E-state index contributed by atoms with van der Waals surface area (Å²) in [5.74, 6) is 0.995. The van der Waals surface area contributed by atoms with Gasteiger partial charge >= 0.3 is 0 Å². The molecule has 2 aromatic rings. The van der Waals surface area contributed by atoms with Crippen molar-refractivity contribution in [2.75, 3.05) is 44.2 Å². The average Bonchev–Trinajstić information content (AvgIpc) is 2.80. The van der Waals surface area contributed by atoms with Crippen LogP contribution in [0.2, 0.25) is 0 Å². The second-order valence-corrected chi connectivity index (χ2v) is 10.7. The molecule has 7 nitrogen and oxygen atoms in total. The van der Waals surface area contributed by atoms with Gasteiger partial charge in [-0.25, -0.2) is 13.4 Å². The largest absolute Gasteiger partial charge is 0.354 e. The third-order valence-electron chi connectivity index (χ3n) is 6.44. The lowest BCUT2D eigenvalue weighted by molar-refractivity contribution is 0.209. The fourth-order valence-electron chi connectivity index (χ4n) is 4.30. The molecule has 4 rings (SSSR count). The Hall–Kier alpha value is -2.00. The molecule has 2 aliphatic heterocycles. The summed E-state index contributed by atoms with van der Waals surface area (Å²) >= 11 is 0. The third-order valence-corrected chi connectivity index (χ3v) is 8.35. The number of pyridine rings is 1. The molecule has 0 radical (unpaired) electrons. The SMILES string of the molecule is CC(C)N1CCN(c2ccc(-c3ccc(S(=O)(=O)N4CCC(N)CC4)cc3)cn2)CC1. The first-order valence-electron chi connectivity index (χ1n) is 11.2. The van der Waals surface area contributed by atoms with E-state index < -0.39 is 10.0 Å². The number of rotatable bonds is 5. The number of aromatic nitrogens is 1. The summed E-state index contributed by atoms with van der Waals surface area (Å²) in [6, 6.07) is 11.9. The lowest BCUT2D eigenvalue weighted by atomic mass is 10.1. The van der Waals surface area contributed by atoms with E-state index in [-0.39, 0.29) is 6.04 Å². The van der Waals surface area contributed by atoms with Gasteiger partial charge in [0.25, 0.3) is 0 Å². The molecule has 3 heterocycles. The van der Waals surface area contributed by atoms with Gasteiger partial charge in [-0.05, 0) is 56.5 Å². The summed E-state index contributed by atoms with van der Waals surface area (Å²) < 4.78 is 27.3. The van der Waals surface area contributed by atoms with Gasteiger partial charge in [-0.3, -0.25) is 4.90 Å². The Morgan fingerprint density at radius 3 is 2.06 bits per heavy atom. The van der Waals surface area contributed by atoms with Crippen LogP contribution in [0.4, 0.5) is 5.82 Å². The number of anilines is 1. The predicted molar refractivity (Wildman–Crippen MR) is 125 cm³/mol. The van der Waals surface area contributed by atoms with Crippen LogP contribution in [0.5, 0.6) is 0 Å². The van der Waals surface area contributed by atoms with Crippen LogP contribution in [0.3, 0.4) is 0 Å². The molecule has 0 saturated carbocycles. The highest BCUT2D eigenvalue weighted by molar-refractivity contribution is 7.89. The average molecular weight is 444 g/mol. The minimum absolute atomic E-state index is 0.100. The Morgan fingerprint density at radius 1 is 0.903 bits per heavy atom. The molecule has 0 amide bonds. The highest BCUT2D eigenvalue weighted by Crippen LogP contribution is 2.25. The van der Waals surface area contributed by atoms with Crippen LogP contribution in [-0.2, 0) is 10.0 Å². The second-order valence-electron chi connectivity index (χ2n) is 8.79. The number of nitrogens with zero attached hydrogens (tertiary/aromatic N) is 4. The first kappa shape index (κ1) is 22.2. The fraction of sp³-hybridized carbons (Fsp3) is 0.522. The number of benzene rings is 1. The number of hydrogen-bond acceptors (Lipinski definition) is 6. The highest BCUT2D eigenvalue weighted by Gasteiger charge is 2.28. The molecule has 31 heavy (non-hydrogen) atoms. The van der Waals surface area contributed by atoms with Gasteiger partial charge < -0.3 is 10.6 Å². The van der Waals surface area contributed by atoms with E-state index in [1.54, 1.807) is 16.4 Å². The van der Waals surface area contributed by atoms with Crippen LogP contribution in [0, 0.1) is 0 Å². The molecule has 0 bridgehead atoms. The van der Waals surface area contributed by atoms with E-state index >= 15 is 0 Å².